The first kappa shape index (κ1) is 13.5. The highest BCUT2D eigenvalue weighted by Crippen LogP contribution is 2.44. The molecular formula is C17H22N2O. The molecule has 2 aliphatic rings. The number of nitriles is 1. The summed E-state index contributed by atoms with van der Waals surface area (Å²) in [4.78, 5) is 0. The largest absolute Gasteiger partial charge is 0.487 e. The van der Waals surface area contributed by atoms with Crippen molar-refractivity contribution in [2.24, 2.45) is 0 Å². The number of ether oxygens (including phenoxy) is 1. The maximum atomic E-state index is 9.91. The lowest BCUT2D eigenvalue weighted by molar-refractivity contribution is 0.0459. The zero-order valence-electron chi connectivity index (χ0n) is 12.3. The summed E-state index contributed by atoms with van der Waals surface area (Å²) < 4.78 is 6.05. The van der Waals surface area contributed by atoms with E-state index in [9.17, 15) is 5.26 Å². The fourth-order valence-corrected chi connectivity index (χ4v) is 3.66. The summed E-state index contributed by atoms with van der Waals surface area (Å²) in [5.41, 5.74) is 0.0528. The number of benzene rings is 1. The van der Waals surface area contributed by atoms with E-state index in [0.29, 0.717) is 12.5 Å². The lowest BCUT2D eigenvalue weighted by Gasteiger charge is -2.43. The quantitative estimate of drug-likeness (QED) is 0.894. The third-order valence-electron chi connectivity index (χ3n) is 4.42. The smallest absolute Gasteiger partial charge is 0.139 e. The van der Waals surface area contributed by atoms with E-state index in [2.05, 4.69) is 25.2 Å². The zero-order chi connectivity index (χ0) is 14.2. The van der Waals surface area contributed by atoms with Crippen LogP contribution >= 0.6 is 0 Å². The third-order valence-corrected chi connectivity index (χ3v) is 4.42. The molecule has 1 aromatic carbocycles. The molecule has 1 aliphatic carbocycles. The predicted molar refractivity (Wildman–Crippen MR) is 78.4 cm³/mol. The second-order valence-electron chi connectivity index (χ2n) is 6.68. The highest BCUT2D eigenvalue weighted by molar-refractivity contribution is 5.46. The average molecular weight is 270 g/mol. The van der Waals surface area contributed by atoms with Gasteiger partial charge in [0, 0.05) is 18.0 Å². The maximum Gasteiger partial charge on any atom is 0.139 e. The summed E-state index contributed by atoms with van der Waals surface area (Å²) in [6.07, 6.45) is 5.56. The van der Waals surface area contributed by atoms with Crippen LogP contribution in [0.1, 0.15) is 51.5 Å². The van der Waals surface area contributed by atoms with Crippen LogP contribution in [0.2, 0.25) is 0 Å². The number of hydrogen-bond donors (Lipinski definition) is 1. The van der Waals surface area contributed by atoms with Crippen molar-refractivity contribution in [3.8, 4) is 11.8 Å². The molecule has 1 N–H and O–H groups in total. The summed E-state index contributed by atoms with van der Waals surface area (Å²) in [5, 5.41) is 13.6. The van der Waals surface area contributed by atoms with Gasteiger partial charge in [0.25, 0.3) is 0 Å². The van der Waals surface area contributed by atoms with Crippen molar-refractivity contribution in [2.75, 3.05) is 0 Å². The van der Waals surface area contributed by atoms with E-state index in [-0.39, 0.29) is 5.60 Å². The van der Waals surface area contributed by atoms with Crippen molar-refractivity contribution < 1.29 is 4.74 Å². The number of nitrogens with one attached hydrogen (secondary N) is 1. The molecule has 3 rings (SSSR count). The van der Waals surface area contributed by atoms with Gasteiger partial charge in [0.15, 0.2) is 0 Å². The lowest BCUT2D eigenvalue weighted by atomic mass is 9.78. The van der Waals surface area contributed by atoms with E-state index in [4.69, 9.17) is 4.74 Å². The molecule has 0 amide bonds. The Balaban J connectivity index is 2.02. The first-order chi connectivity index (χ1) is 9.55. The Hall–Kier alpha value is -1.53. The molecule has 0 saturated heterocycles. The SMILES string of the molecule is CC1(C)CC(C#N)(NC2CCCC2)c2ccccc2O1. The zero-order valence-corrected chi connectivity index (χ0v) is 12.3. The minimum Gasteiger partial charge on any atom is -0.487 e. The van der Waals surface area contributed by atoms with Gasteiger partial charge >= 0.3 is 0 Å². The molecule has 1 aromatic rings. The Morgan fingerprint density at radius 2 is 1.95 bits per heavy atom. The lowest BCUT2D eigenvalue weighted by Crippen LogP contribution is -2.54. The molecule has 1 heterocycles. The molecule has 0 spiro atoms. The second kappa shape index (κ2) is 4.79. The van der Waals surface area contributed by atoms with Crippen molar-refractivity contribution in [1.29, 1.82) is 5.26 Å². The van der Waals surface area contributed by atoms with Crippen LogP contribution in [0.3, 0.4) is 0 Å². The molecule has 1 atom stereocenters. The monoisotopic (exact) mass is 270 g/mol. The molecule has 1 fully saturated rings. The van der Waals surface area contributed by atoms with Gasteiger partial charge in [-0.2, -0.15) is 5.26 Å². The molecule has 1 saturated carbocycles. The van der Waals surface area contributed by atoms with Gasteiger partial charge < -0.3 is 4.74 Å². The van der Waals surface area contributed by atoms with Crippen LogP contribution in [-0.4, -0.2) is 11.6 Å². The van der Waals surface area contributed by atoms with Gasteiger partial charge in [-0.3, -0.25) is 5.32 Å². The molecule has 106 valence electrons. The Morgan fingerprint density at radius 3 is 2.65 bits per heavy atom. The molecule has 0 bridgehead atoms. The van der Waals surface area contributed by atoms with Gasteiger partial charge in [0.05, 0.1) is 6.07 Å². The van der Waals surface area contributed by atoms with Crippen LogP contribution in [0.5, 0.6) is 5.75 Å². The van der Waals surface area contributed by atoms with Crippen molar-refractivity contribution >= 4 is 0 Å². The third kappa shape index (κ3) is 2.29. The first-order valence-corrected chi connectivity index (χ1v) is 7.52. The minimum atomic E-state index is -0.618. The van der Waals surface area contributed by atoms with Gasteiger partial charge in [-0.15, -0.1) is 0 Å². The first-order valence-electron chi connectivity index (χ1n) is 7.52. The average Bonchev–Trinajstić information content (AvgIpc) is 2.90. The van der Waals surface area contributed by atoms with E-state index >= 15 is 0 Å². The number of nitrogens with zero attached hydrogens (tertiary/aromatic N) is 1. The number of para-hydroxylation sites is 1. The normalized spacial score (nSPS) is 28.4. The van der Waals surface area contributed by atoms with Gasteiger partial charge in [0.1, 0.15) is 16.9 Å². The fourth-order valence-electron chi connectivity index (χ4n) is 3.66. The Kier molecular flexibility index (Phi) is 3.22. The highest BCUT2D eigenvalue weighted by atomic mass is 16.5. The topological polar surface area (TPSA) is 45.0 Å². The summed E-state index contributed by atoms with van der Waals surface area (Å²) in [5.74, 6) is 0.843. The highest BCUT2D eigenvalue weighted by Gasteiger charge is 2.46. The molecule has 20 heavy (non-hydrogen) atoms. The maximum absolute atomic E-state index is 9.91. The number of fused-ring (bicyclic) bond motifs is 1. The van der Waals surface area contributed by atoms with E-state index in [1.165, 1.54) is 25.7 Å². The molecule has 3 heteroatoms. The standard InChI is InChI=1S/C17H22N2O/c1-16(2)11-17(12-18,19-13-7-3-4-8-13)14-9-5-6-10-15(14)20-16/h5-6,9-10,13,19H,3-4,7-8,11H2,1-2H3. The molecule has 1 unspecified atom stereocenters. The minimum absolute atomic E-state index is 0.324. The van der Waals surface area contributed by atoms with Gasteiger partial charge in [-0.1, -0.05) is 31.0 Å². The fraction of sp³-hybridized carbons (Fsp3) is 0.588. The van der Waals surface area contributed by atoms with Crippen LogP contribution in [0.4, 0.5) is 0 Å². The number of hydrogen-bond acceptors (Lipinski definition) is 3. The van der Waals surface area contributed by atoms with Gasteiger partial charge in [-0.05, 0) is 32.8 Å². The molecule has 0 aromatic heterocycles. The summed E-state index contributed by atoms with van der Waals surface area (Å²) in [6.45, 7) is 4.12. The number of rotatable bonds is 2. The van der Waals surface area contributed by atoms with Gasteiger partial charge in [-0.25, -0.2) is 0 Å². The van der Waals surface area contributed by atoms with E-state index in [1.807, 2.05) is 24.3 Å². The van der Waals surface area contributed by atoms with Crippen molar-refractivity contribution in [1.82, 2.24) is 5.32 Å². The van der Waals surface area contributed by atoms with Crippen LogP contribution in [0.25, 0.3) is 0 Å². The molecule has 3 nitrogen and oxygen atoms in total. The van der Waals surface area contributed by atoms with Crippen LogP contribution in [-0.2, 0) is 5.54 Å². The van der Waals surface area contributed by atoms with E-state index < -0.39 is 5.54 Å². The van der Waals surface area contributed by atoms with E-state index in [1.54, 1.807) is 0 Å². The van der Waals surface area contributed by atoms with Gasteiger partial charge in [0.2, 0.25) is 0 Å². The van der Waals surface area contributed by atoms with Crippen LogP contribution < -0.4 is 10.1 Å². The predicted octanol–water partition coefficient (Wildman–Crippen LogP) is 3.50. The van der Waals surface area contributed by atoms with Crippen LogP contribution in [0.15, 0.2) is 24.3 Å². The summed E-state index contributed by atoms with van der Waals surface area (Å²) >= 11 is 0. The summed E-state index contributed by atoms with van der Waals surface area (Å²) in [7, 11) is 0. The second-order valence-corrected chi connectivity index (χ2v) is 6.68. The molecular weight excluding hydrogens is 248 g/mol. The Bertz CT molecular complexity index is 540. The Labute approximate surface area is 120 Å². The molecule has 1 aliphatic heterocycles. The van der Waals surface area contributed by atoms with Crippen molar-refractivity contribution in [2.45, 2.75) is 63.1 Å². The van der Waals surface area contributed by atoms with Crippen molar-refractivity contribution in [3.63, 3.8) is 0 Å². The van der Waals surface area contributed by atoms with E-state index in [0.717, 1.165) is 11.3 Å². The van der Waals surface area contributed by atoms with Crippen molar-refractivity contribution in [3.05, 3.63) is 29.8 Å². The summed E-state index contributed by atoms with van der Waals surface area (Å²) in [6, 6.07) is 11.0. The van der Waals surface area contributed by atoms with Crippen LogP contribution in [0, 0.1) is 11.3 Å². The Morgan fingerprint density at radius 1 is 1.25 bits per heavy atom. The molecule has 0 radical (unpaired) electrons.